The first-order chi connectivity index (χ1) is 9.60. The minimum absolute atomic E-state index is 0.239. The Hall–Kier alpha value is -1.13. The maximum atomic E-state index is 13.7. The summed E-state index contributed by atoms with van der Waals surface area (Å²) in [6.07, 6.45) is 2.68. The number of nitrogens with zero attached hydrogens (tertiary/aromatic N) is 1. The molecule has 1 saturated carbocycles. The number of rotatable bonds is 4. The summed E-state index contributed by atoms with van der Waals surface area (Å²) in [7, 11) is 1.50. The van der Waals surface area contributed by atoms with E-state index < -0.39 is 0 Å². The van der Waals surface area contributed by atoms with Gasteiger partial charge in [0.2, 0.25) is 0 Å². The molecular weight excluding hydrogens is 255 g/mol. The van der Waals surface area contributed by atoms with Gasteiger partial charge in [0.05, 0.1) is 7.11 Å². The number of halogens is 1. The van der Waals surface area contributed by atoms with Gasteiger partial charge in [-0.05, 0) is 43.4 Å². The number of methoxy groups -OCH3 is 1. The predicted octanol–water partition coefficient (Wildman–Crippen LogP) is 2.41. The van der Waals surface area contributed by atoms with Crippen LogP contribution in [-0.2, 0) is 6.54 Å². The van der Waals surface area contributed by atoms with Gasteiger partial charge in [0.25, 0.3) is 0 Å². The second-order valence-corrected chi connectivity index (χ2v) is 6.30. The Morgan fingerprint density at radius 1 is 1.45 bits per heavy atom. The fourth-order valence-corrected chi connectivity index (χ4v) is 3.29. The minimum atomic E-state index is -0.273. The molecule has 1 aliphatic carbocycles. The van der Waals surface area contributed by atoms with E-state index in [0.29, 0.717) is 5.75 Å². The summed E-state index contributed by atoms with van der Waals surface area (Å²) in [6.45, 7) is 6.23. The summed E-state index contributed by atoms with van der Waals surface area (Å²) in [5.41, 5.74) is 1.26. The highest BCUT2D eigenvalue weighted by atomic mass is 19.1. The van der Waals surface area contributed by atoms with Gasteiger partial charge >= 0.3 is 0 Å². The number of benzene rings is 1. The molecular formula is C16H23FN2O. The van der Waals surface area contributed by atoms with Crippen molar-refractivity contribution in [1.29, 1.82) is 0 Å². The number of piperazine rings is 1. The molecule has 20 heavy (non-hydrogen) atoms. The monoisotopic (exact) mass is 278 g/mol. The van der Waals surface area contributed by atoms with Gasteiger partial charge in [-0.3, -0.25) is 4.90 Å². The first-order valence-corrected chi connectivity index (χ1v) is 7.40. The van der Waals surface area contributed by atoms with Crippen molar-refractivity contribution in [3.05, 3.63) is 29.6 Å². The van der Waals surface area contributed by atoms with E-state index in [0.717, 1.165) is 37.7 Å². The standard InChI is InChI=1S/C16H23FN2O/c1-16(13-4-5-13)11-19(8-7-18-16)10-12-3-6-15(20-2)14(17)9-12/h3,6,9,13,18H,4-5,7-8,10-11H2,1-2H3. The Morgan fingerprint density at radius 3 is 2.90 bits per heavy atom. The normalized spacial score (nSPS) is 27.6. The Labute approximate surface area is 120 Å². The number of nitrogens with one attached hydrogen (secondary N) is 1. The van der Waals surface area contributed by atoms with Crippen molar-refractivity contribution >= 4 is 0 Å². The molecule has 1 N–H and O–H groups in total. The molecule has 1 heterocycles. The lowest BCUT2D eigenvalue weighted by Crippen LogP contribution is -2.59. The third kappa shape index (κ3) is 2.81. The van der Waals surface area contributed by atoms with Crippen LogP contribution in [-0.4, -0.2) is 37.2 Å². The smallest absolute Gasteiger partial charge is 0.165 e. The van der Waals surface area contributed by atoms with Crippen LogP contribution in [0.1, 0.15) is 25.3 Å². The third-order valence-electron chi connectivity index (χ3n) is 4.61. The van der Waals surface area contributed by atoms with Gasteiger partial charge in [0.1, 0.15) is 0 Å². The quantitative estimate of drug-likeness (QED) is 0.915. The average molecular weight is 278 g/mol. The van der Waals surface area contributed by atoms with E-state index in [-0.39, 0.29) is 11.4 Å². The first kappa shape index (κ1) is 13.8. The fraction of sp³-hybridized carbons (Fsp3) is 0.625. The van der Waals surface area contributed by atoms with E-state index in [1.807, 2.05) is 6.07 Å². The lowest BCUT2D eigenvalue weighted by Gasteiger charge is -2.42. The van der Waals surface area contributed by atoms with E-state index in [1.165, 1.54) is 20.0 Å². The molecule has 3 nitrogen and oxygen atoms in total. The molecule has 2 aliphatic rings. The molecule has 1 aromatic rings. The minimum Gasteiger partial charge on any atom is -0.494 e. The molecule has 0 spiro atoms. The van der Waals surface area contributed by atoms with Crippen molar-refractivity contribution in [3.8, 4) is 5.75 Å². The molecule has 1 aromatic carbocycles. The Balaban J connectivity index is 1.66. The summed E-state index contributed by atoms with van der Waals surface area (Å²) in [6, 6.07) is 5.26. The van der Waals surface area contributed by atoms with E-state index in [9.17, 15) is 4.39 Å². The maximum absolute atomic E-state index is 13.7. The van der Waals surface area contributed by atoms with E-state index in [4.69, 9.17) is 4.74 Å². The van der Waals surface area contributed by atoms with Gasteiger partial charge in [-0.2, -0.15) is 0 Å². The molecule has 2 fully saturated rings. The maximum Gasteiger partial charge on any atom is 0.165 e. The second-order valence-electron chi connectivity index (χ2n) is 6.30. The van der Waals surface area contributed by atoms with Crippen LogP contribution in [0.2, 0.25) is 0 Å². The van der Waals surface area contributed by atoms with Crippen molar-refractivity contribution in [2.75, 3.05) is 26.7 Å². The molecule has 1 aliphatic heterocycles. The summed E-state index contributed by atoms with van der Waals surface area (Å²) in [5.74, 6) is 0.861. The zero-order valence-electron chi connectivity index (χ0n) is 12.3. The predicted molar refractivity (Wildman–Crippen MR) is 77.4 cm³/mol. The van der Waals surface area contributed by atoms with Crippen molar-refractivity contribution in [2.24, 2.45) is 5.92 Å². The topological polar surface area (TPSA) is 24.5 Å². The average Bonchev–Trinajstić information content (AvgIpc) is 3.24. The lowest BCUT2D eigenvalue weighted by atomic mass is 9.92. The molecule has 0 radical (unpaired) electrons. The molecule has 110 valence electrons. The molecule has 0 aromatic heterocycles. The van der Waals surface area contributed by atoms with Crippen molar-refractivity contribution < 1.29 is 9.13 Å². The summed E-state index contributed by atoms with van der Waals surface area (Å²) < 4.78 is 18.7. The molecule has 0 amide bonds. The Bertz CT molecular complexity index is 489. The number of hydrogen-bond donors (Lipinski definition) is 1. The molecule has 0 bridgehead atoms. The van der Waals surface area contributed by atoms with Gasteiger partial charge in [-0.25, -0.2) is 4.39 Å². The van der Waals surface area contributed by atoms with E-state index in [2.05, 4.69) is 17.1 Å². The number of hydrogen-bond acceptors (Lipinski definition) is 3. The van der Waals surface area contributed by atoms with Crippen LogP contribution in [0.25, 0.3) is 0 Å². The van der Waals surface area contributed by atoms with Gasteiger partial charge in [-0.1, -0.05) is 6.07 Å². The molecule has 1 unspecified atom stereocenters. The van der Waals surface area contributed by atoms with Crippen LogP contribution in [0.4, 0.5) is 4.39 Å². The number of ether oxygens (including phenoxy) is 1. The van der Waals surface area contributed by atoms with Crippen LogP contribution in [0, 0.1) is 11.7 Å². The van der Waals surface area contributed by atoms with Crippen molar-refractivity contribution in [2.45, 2.75) is 31.8 Å². The fourth-order valence-electron chi connectivity index (χ4n) is 3.29. The van der Waals surface area contributed by atoms with Crippen LogP contribution < -0.4 is 10.1 Å². The molecule has 1 atom stereocenters. The van der Waals surface area contributed by atoms with Crippen LogP contribution in [0.3, 0.4) is 0 Å². The van der Waals surface area contributed by atoms with Gasteiger partial charge < -0.3 is 10.1 Å². The zero-order chi connectivity index (χ0) is 14.2. The summed E-state index contributed by atoms with van der Waals surface area (Å²) >= 11 is 0. The highest BCUT2D eigenvalue weighted by Crippen LogP contribution is 2.40. The lowest BCUT2D eigenvalue weighted by molar-refractivity contribution is 0.121. The van der Waals surface area contributed by atoms with Crippen molar-refractivity contribution in [1.82, 2.24) is 10.2 Å². The first-order valence-electron chi connectivity index (χ1n) is 7.40. The summed E-state index contributed by atoms with van der Waals surface area (Å²) in [5, 5.41) is 3.67. The Morgan fingerprint density at radius 2 is 2.25 bits per heavy atom. The van der Waals surface area contributed by atoms with Gasteiger partial charge in [0.15, 0.2) is 11.6 Å². The van der Waals surface area contributed by atoms with Crippen LogP contribution in [0.5, 0.6) is 5.75 Å². The van der Waals surface area contributed by atoms with Gasteiger partial charge in [-0.15, -0.1) is 0 Å². The van der Waals surface area contributed by atoms with Crippen LogP contribution in [0.15, 0.2) is 18.2 Å². The Kier molecular flexibility index (Phi) is 3.69. The van der Waals surface area contributed by atoms with E-state index >= 15 is 0 Å². The SMILES string of the molecule is COc1ccc(CN2CCNC(C)(C3CC3)C2)cc1F. The van der Waals surface area contributed by atoms with Gasteiger partial charge in [0, 0.05) is 31.7 Å². The largest absolute Gasteiger partial charge is 0.494 e. The molecule has 1 saturated heterocycles. The summed E-state index contributed by atoms with van der Waals surface area (Å²) in [4.78, 5) is 2.43. The highest BCUT2D eigenvalue weighted by Gasteiger charge is 2.43. The van der Waals surface area contributed by atoms with Crippen LogP contribution >= 0.6 is 0 Å². The molecule has 3 rings (SSSR count). The highest BCUT2D eigenvalue weighted by molar-refractivity contribution is 5.29. The molecule has 4 heteroatoms. The third-order valence-corrected chi connectivity index (χ3v) is 4.61. The van der Waals surface area contributed by atoms with E-state index in [1.54, 1.807) is 12.1 Å². The second kappa shape index (κ2) is 5.34. The zero-order valence-corrected chi connectivity index (χ0v) is 12.3. The van der Waals surface area contributed by atoms with Crippen molar-refractivity contribution in [3.63, 3.8) is 0 Å².